The Kier molecular flexibility index (Phi) is 5.30. The van der Waals surface area contributed by atoms with Crippen LogP contribution in [0.4, 0.5) is 17.5 Å². The van der Waals surface area contributed by atoms with Crippen molar-refractivity contribution in [2.45, 2.75) is 13.5 Å². The van der Waals surface area contributed by atoms with E-state index in [9.17, 15) is 0 Å². The number of benzene rings is 2. The second kappa shape index (κ2) is 7.81. The summed E-state index contributed by atoms with van der Waals surface area (Å²) in [6.45, 7) is 2.61. The summed E-state index contributed by atoms with van der Waals surface area (Å²) in [5.41, 5.74) is 3.01. The molecule has 7 heteroatoms. The lowest BCUT2D eigenvalue weighted by Gasteiger charge is -2.10. The topological polar surface area (TPSA) is 72.0 Å². The maximum Gasteiger partial charge on any atom is 0.249 e. The van der Waals surface area contributed by atoms with E-state index in [-0.39, 0.29) is 0 Å². The van der Waals surface area contributed by atoms with Gasteiger partial charge in [0.05, 0.1) is 13.3 Å². The number of methoxy groups -OCH3 is 1. The van der Waals surface area contributed by atoms with Gasteiger partial charge >= 0.3 is 0 Å². The molecular weight excluding hydrogens is 338 g/mol. The smallest absolute Gasteiger partial charge is 0.249 e. The highest BCUT2D eigenvalue weighted by Crippen LogP contribution is 2.22. The van der Waals surface area contributed by atoms with Crippen molar-refractivity contribution < 1.29 is 4.74 Å². The summed E-state index contributed by atoms with van der Waals surface area (Å²) in [5.74, 6) is 1.87. The summed E-state index contributed by atoms with van der Waals surface area (Å²) in [5, 5.41) is 15.0. The molecule has 0 aliphatic carbocycles. The highest BCUT2D eigenvalue weighted by Gasteiger charge is 2.05. The van der Waals surface area contributed by atoms with Gasteiger partial charge < -0.3 is 15.4 Å². The molecule has 0 saturated heterocycles. The molecule has 6 nitrogen and oxygen atoms in total. The van der Waals surface area contributed by atoms with Crippen LogP contribution in [0.1, 0.15) is 11.1 Å². The molecule has 3 aromatic rings. The fraction of sp³-hybridized carbons (Fsp3) is 0.167. The number of anilines is 3. The molecule has 25 heavy (non-hydrogen) atoms. The quantitative estimate of drug-likeness (QED) is 0.690. The molecule has 0 aliphatic rings. The maximum atomic E-state index is 6.04. The highest BCUT2D eigenvalue weighted by atomic mass is 35.5. The average Bonchev–Trinajstić information content (AvgIpc) is 2.64. The van der Waals surface area contributed by atoms with Gasteiger partial charge in [0.25, 0.3) is 0 Å². The summed E-state index contributed by atoms with van der Waals surface area (Å²) in [4.78, 5) is 4.42. The van der Waals surface area contributed by atoms with Crippen LogP contribution in [0.2, 0.25) is 5.02 Å². The van der Waals surface area contributed by atoms with Crippen molar-refractivity contribution in [3.8, 4) is 5.75 Å². The lowest BCUT2D eigenvalue weighted by atomic mass is 10.2. The number of ether oxygens (including phenoxy) is 1. The fourth-order valence-electron chi connectivity index (χ4n) is 2.23. The number of aryl methyl sites for hydroxylation is 1. The highest BCUT2D eigenvalue weighted by molar-refractivity contribution is 6.30. The number of rotatable bonds is 6. The maximum absolute atomic E-state index is 6.04. The predicted molar refractivity (Wildman–Crippen MR) is 99.6 cm³/mol. The molecule has 0 spiro atoms. The van der Waals surface area contributed by atoms with E-state index in [4.69, 9.17) is 16.3 Å². The summed E-state index contributed by atoms with van der Waals surface area (Å²) in [6, 6.07) is 13.4. The van der Waals surface area contributed by atoms with Crippen LogP contribution in [-0.2, 0) is 6.54 Å². The van der Waals surface area contributed by atoms with Gasteiger partial charge in [0.15, 0.2) is 5.82 Å². The van der Waals surface area contributed by atoms with Crippen molar-refractivity contribution in [1.29, 1.82) is 0 Å². The number of nitrogens with one attached hydrogen (secondary N) is 2. The molecule has 2 N–H and O–H groups in total. The van der Waals surface area contributed by atoms with E-state index in [2.05, 4.69) is 25.8 Å². The van der Waals surface area contributed by atoms with Gasteiger partial charge in [0.2, 0.25) is 5.95 Å². The minimum Gasteiger partial charge on any atom is -0.497 e. The largest absolute Gasteiger partial charge is 0.497 e. The molecule has 0 radical (unpaired) electrons. The lowest BCUT2D eigenvalue weighted by molar-refractivity contribution is 0.414. The number of aromatic nitrogens is 3. The van der Waals surface area contributed by atoms with Crippen LogP contribution in [-0.4, -0.2) is 22.3 Å². The van der Waals surface area contributed by atoms with Crippen molar-refractivity contribution in [2.24, 2.45) is 0 Å². The number of nitrogens with zero attached hydrogens (tertiary/aromatic N) is 3. The van der Waals surface area contributed by atoms with Gasteiger partial charge in [-0.05, 0) is 42.3 Å². The monoisotopic (exact) mass is 355 g/mol. The Balaban J connectivity index is 1.67. The van der Waals surface area contributed by atoms with Gasteiger partial charge in [-0.25, -0.2) is 0 Å². The summed E-state index contributed by atoms with van der Waals surface area (Å²) in [6.07, 6.45) is 1.58. The van der Waals surface area contributed by atoms with E-state index in [0.717, 1.165) is 22.6 Å². The zero-order valence-corrected chi connectivity index (χ0v) is 14.7. The van der Waals surface area contributed by atoms with Gasteiger partial charge in [0.1, 0.15) is 5.75 Å². The second-order valence-corrected chi connectivity index (χ2v) is 5.89. The van der Waals surface area contributed by atoms with Gasteiger partial charge in [-0.1, -0.05) is 29.8 Å². The average molecular weight is 356 g/mol. The molecule has 0 bridgehead atoms. The van der Waals surface area contributed by atoms with E-state index < -0.39 is 0 Å². The van der Waals surface area contributed by atoms with Gasteiger partial charge in [-0.2, -0.15) is 10.1 Å². The van der Waals surface area contributed by atoms with Gasteiger partial charge in [0, 0.05) is 17.3 Å². The normalized spacial score (nSPS) is 10.4. The first-order valence-corrected chi connectivity index (χ1v) is 8.11. The van der Waals surface area contributed by atoms with Crippen LogP contribution in [0.5, 0.6) is 5.75 Å². The molecule has 0 saturated carbocycles. The Labute approximate surface area is 151 Å². The third-order valence-corrected chi connectivity index (χ3v) is 3.87. The molecule has 0 atom stereocenters. The minimum absolute atomic E-state index is 0.407. The Bertz CT molecular complexity index is 854. The predicted octanol–water partition coefficient (Wildman–Crippen LogP) is 4.20. The van der Waals surface area contributed by atoms with Crippen LogP contribution >= 0.6 is 11.6 Å². The van der Waals surface area contributed by atoms with E-state index >= 15 is 0 Å². The van der Waals surface area contributed by atoms with Crippen LogP contribution in [0, 0.1) is 6.92 Å². The fourth-order valence-corrected chi connectivity index (χ4v) is 2.40. The molecular formula is C18H18ClN5O. The Hall–Kier alpha value is -2.86. The van der Waals surface area contributed by atoms with E-state index in [0.29, 0.717) is 23.3 Å². The van der Waals surface area contributed by atoms with Gasteiger partial charge in [-0.15, -0.1) is 5.10 Å². The number of hydrogen-bond acceptors (Lipinski definition) is 6. The summed E-state index contributed by atoms with van der Waals surface area (Å²) < 4.78 is 5.15. The van der Waals surface area contributed by atoms with Crippen molar-refractivity contribution in [3.63, 3.8) is 0 Å². The van der Waals surface area contributed by atoms with Crippen molar-refractivity contribution in [2.75, 3.05) is 17.7 Å². The molecule has 1 aromatic heterocycles. The molecule has 0 amide bonds. The SMILES string of the molecule is COc1ccc(CNc2cnnc(Nc3cc(Cl)ccc3C)n2)cc1. The third kappa shape index (κ3) is 4.58. The van der Waals surface area contributed by atoms with Crippen LogP contribution in [0.15, 0.2) is 48.7 Å². The van der Waals surface area contributed by atoms with E-state index in [1.165, 1.54) is 0 Å². The van der Waals surface area contributed by atoms with Crippen molar-refractivity contribution in [1.82, 2.24) is 15.2 Å². The van der Waals surface area contributed by atoms with Crippen LogP contribution in [0.3, 0.4) is 0 Å². The minimum atomic E-state index is 0.407. The van der Waals surface area contributed by atoms with E-state index in [1.807, 2.05) is 49.4 Å². The molecule has 3 rings (SSSR count). The molecule has 1 heterocycles. The van der Waals surface area contributed by atoms with Crippen LogP contribution < -0.4 is 15.4 Å². The second-order valence-electron chi connectivity index (χ2n) is 5.45. The molecule has 0 aliphatic heterocycles. The lowest BCUT2D eigenvalue weighted by Crippen LogP contribution is -2.06. The molecule has 128 valence electrons. The first-order valence-electron chi connectivity index (χ1n) is 7.74. The standard InChI is InChI=1S/C18H18ClN5O/c1-12-3-6-14(19)9-16(12)22-18-23-17(11-21-24-18)20-10-13-4-7-15(25-2)8-5-13/h3-9,11H,10H2,1-2H3,(H2,20,22,23,24). The molecule has 2 aromatic carbocycles. The Morgan fingerprint density at radius 3 is 2.68 bits per heavy atom. The van der Waals surface area contributed by atoms with Gasteiger partial charge in [-0.3, -0.25) is 0 Å². The first-order chi connectivity index (χ1) is 12.1. The van der Waals surface area contributed by atoms with Crippen LogP contribution in [0.25, 0.3) is 0 Å². The third-order valence-electron chi connectivity index (χ3n) is 3.64. The zero-order chi connectivity index (χ0) is 17.6. The zero-order valence-electron chi connectivity index (χ0n) is 14.0. The summed E-state index contributed by atoms with van der Waals surface area (Å²) in [7, 11) is 1.65. The Morgan fingerprint density at radius 2 is 1.92 bits per heavy atom. The molecule has 0 fully saturated rings. The summed E-state index contributed by atoms with van der Waals surface area (Å²) >= 11 is 6.04. The molecule has 0 unspecified atom stereocenters. The number of hydrogen-bond donors (Lipinski definition) is 2. The van der Waals surface area contributed by atoms with Crippen molar-refractivity contribution in [3.05, 3.63) is 64.8 Å². The van der Waals surface area contributed by atoms with Crippen molar-refractivity contribution >= 4 is 29.1 Å². The Morgan fingerprint density at radius 1 is 1.12 bits per heavy atom. The van der Waals surface area contributed by atoms with E-state index in [1.54, 1.807) is 13.3 Å². The number of halogens is 1. The first kappa shape index (κ1) is 17.0.